The average molecular weight is 390 g/mol. The molecule has 1 aromatic heterocycles. The maximum atomic E-state index is 12.9. The van der Waals surface area contributed by atoms with E-state index in [1.165, 1.54) is 0 Å². The molecule has 0 atom stereocenters. The van der Waals surface area contributed by atoms with Gasteiger partial charge in [-0.25, -0.2) is 0 Å². The van der Waals surface area contributed by atoms with Gasteiger partial charge in [0.1, 0.15) is 0 Å². The van der Waals surface area contributed by atoms with Crippen molar-refractivity contribution < 1.29 is 9.90 Å². The predicted octanol–water partition coefficient (Wildman–Crippen LogP) is 4.33. The first-order valence-corrected chi connectivity index (χ1v) is 10.1. The van der Waals surface area contributed by atoms with Crippen LogP contribution in [0.25, 0.3) is 0 Å². The standard InChI is InChI=1S/C21H28ClN3O2/c1-4-16(5-2)25-15(3)14-19(23-25)20(26)24-12-10-21(27,11-13-24)17-8-6-7-9-18(17)22/h6-9,14,16,27H,4-5,10-13H2,1-3H3. The van der Waals surface area contributed by atoms with Gasteiger partial charge in [-0.3, -0.25) is 9.48 Å². The number of carbonyl (C=O) groups is 1. The second kappa shape index (κ2) is 8.03. The minimum Gasteiger partial charge on any atom is -0.385 e. The number of carbonyl (C=O) groups excluding carboxylic acids is 1. The van der Waals surface area contributed by atoms with Crippen molar-refractivity contribution in [1.82, 2.24) is 14.7 Å². The lowest BCUT2D eigenvalue weighted by Gasteiger charge is -2.38. The van der Waals surface area contributed by atoms with Gasteiger partial charge in [0, 0.05) is 29.4 Å². The van der Waals surface area contributed by atoms with Crippen molar-refractivity contribution in [3.8, 4) is 0 Å². The fourth-order valence-corrected chi connectivity index (χ4v) is 4.26. The second-order valence-electron chi connectivity index (χ2n) is 7.39. The number of piperidine rings is 1. The van der Waals surface area contributed by atoms with Gasteiger partial charge in [-0.1, -0.05) is 43.6 Å². The van der Waals surface area contributed by atoms with E-state index in [0.29, 0.717) is 42.7 Å². The van der Waals surface area contributed by atoms with Crippen LogP contribution in [-0.4, -0.2) is 38.8 Å². The van der Waals surface area contributed by atoms with Crippen LogP contribution in [0.1, 0.15) is 67.3 Å². The Hall–Kier alpha value is -1.85. The smallest absolute Gasteiger partial charge is 0.274 e. The number of nitrogens with zero attached hydrogens (tertiary/aromatic N) is 3. The van der Waals surface area contributed by atoms with Crippen molar-refractivity contribution in [1.29, 1.82) is 0 Å². The fourth-order valence-electron chi connectivity index (χ4n) is 3.95. The van der Waals surface area contributed by atoms with Crippen LogP contribution in [0.15, 0.2) is 30.3 Å². The summed E-state index contributed by atoms with van der Waals surface area (Å²) in [5, 5.41) is 16.2. The lowest BCUT2D eigenvalue weighted by molar-refractivity contribution is -0.0212. The Balaban J connectivity index is 1.72. The first kappa shape index (κ1) is 19.9. The van der Waals surface area contributed by atoms with Crippen LogP contribution in [0.2, 0.25) is 5.02 Å². The largest absolute Gasteiger partial charge is 0.385 e. The van der Waals surface area contributed by atoms with E-state index < -0.39 is 5.60 Å². The summed E-state index contributed by atoms with van der Waals surface area (Å²) in [6, 6.07) is 9.57. The van der Waals surface area contributed by atoms with Gasteiger partial charge in [-0.05, 0) is 44.7 Å². The number of hydrogen-bond acceptors (Lipinski definition) is 3. The molecule has 146 valence electrons. The molecule has 1 saturated heterocycles. The normalized spacial score (nSPS) is 16.7. The molecule has 0 saturated carbocycles. The summed E-state index contributed by atoms with van der Waals surface area (Å²) >= 11 is 6.27. The molecule has 2 aromatic rings. The van der Waals surface area contributed by atoms with Crippen LogP contribution in [0.5, 0.6) is 0 Å². The molecule has 3 rings (SSSR count). The monoisotopic (exact) mass is 389 g/mol. The van der Waals surface area contributed by atoms with Crippen molar-refractivity contribution in [3.05, 3.63) is 52.3 Å². The molecule has 2 heterocycles. The highest BCUT2D eigenvalue weighted by atomic mass is 35.5. The molecule has 1 amide bonds. The number of benzene rings is 1. The van der Waals surface area contributed by atoms with Crippen LogP contribution >= 0.6 is 11.6 Å². The quantitative estimate of drug-likeness (QED) is 0.827. The maximum absolute atomic E-state index is 12.9. The molecule has 5 nitrogen and oxygen atoms in total. The first-order valence-electron chi connectivity index (χ1n) is 9.72. The van der Waals surface area contributed by atoms with E-state index >= 15 is 0 Å². The van der Waals surface area contributed by atoms with E-state index in [2.05, 4.69) is 18.9 Å². The number of aliphatic hydroxyl groups is 1. The Labute approximate surface area is 165 Å². The van der Waals surface area contributed by atoms with E-state index in [0.717, 1.165) is 24.1 Å². The number of amides is 1. The van der Waals surface area contributed by atoms with Gasteiger partial charge in [0.2, 0.25) is 0 Å². The van der Waals surface area contributed by atoms with E-state index in [4.69, 9.17) is 11.6 Å². The lowest BCUT2D eigenvalue weighted by Crippen LogP contribution is -2.45. The first-order chi connectivity index (χ1) is 12.9. The predicted molar refractivity (Wildman–Crippen MR) is 107 cm³/mol. The molecule has 6 heteroatoms. The second-order valence-corrected chi connectivity index (χ2v) is 7.80. The Morgan fingerprint density at radius 2 is 1.89 bits per heavy atom. The van der Waals surface area contributed by atoms with Gasteiger partial charge in [0.05, 0.1) is 11.6 Å². The van der Waals surface area contributed by atoms with Crippen molar-refractivity contribution in [2.75, 3.05) is 13.1 Å². The van der Waals surface area contributed by atoms with Crippen molar-refractivity contribution >= 4 is 17.5 Å². The van der Waals surface area contributed by atoms with Crippen molar-refractivity contribution in [2.24, 2.45) is 0 Å². The van der Waals surface area contributed by atoms with Gasteiger partial charge >= 0.3 is 0 Å². The Morgan fingerprint density at radius 3 is 2.48 bits per heavy atom. The van der Waals surface area contributed by atoms with Crippen LogP contribution in [-0.2, 0) is 5.60 Å². The van der Waals surface area contributed by atoms with Gasteiger partial charge in [0.15, 0.2) is 5.69 Å². The zero-order valence-corrected chi connectivity index (χ0v) is 17.0. The molecular formula is C21H28ClN3O2. The Kier molecular flexibility index (Phi) is 5.92. The summed E-state index contributed by atoms with van der Waals surface area (Å²) in [4.78, 5) is 14.7. The summed E-state index contributed by atoms with van der Waals surface area (Å²) in [6.45, 7) is 7.23. The van der Waals surface area contributed by atoms with Crippen molar-refractivity contribution in [2.45, 2.75) is 58.1 Å². The molecule has 0 spiro atoms. The third kappa shape index (κ3) is 3.90. The third-order valence-electron chi connectivity index (χ3n) is 5.68. The van der Waals surface area contributed by atoms with Crippen molar-refractivity contribution in [3.63, 3.8) is 0 Å². The average Bonchev–Trinajstić information content (AvgIpc) is 3.05. The fraction of sp³-hybridized carbons (Fsp3) is 0.524. The number of rotatable bonds is 5. The molecule has 1 aromatic carbocycles. The summed E-state index contributed by atoms with van der Waals surface area (Å²) in [5.41, 5.74) is 1.26. The van der Waals surface area contributed by atoms with Gasteiger partial charge in [-0.15, -0.1) is 0 Å². The Morgan fingerprint density at radius 1 is 1.26 bits per heavy atom. The van der Waals surface area contributed by atoms with Crippen LogP contribution in [0.4, 0.5) is 0 Å². The molecule has 0 bridgehead atoms. The summed E-state index contributed by atoms with van der Waals surface area (Å²) in [7, 11) is 0. The van der Waals surface area contributed by atoms with Gasteiger partial charge < -0.3 is 10.0 Å². The SMILES string of the molecule is CCC(CC)n1nc(C(=O)N2CCC(O)(c3ccccc3Cl)CC2)cc1C. The highest BCUT2D eigenvalue weighted by Crippen LogP contribution is 2.37. The molecule has 0 aliphatic carbocycles. The zero-order chi connectivity index (χ0) is 19.6. The molecule has 1 N–H and O–H groups in total. The number of hydrogen-bond donors (Lipinski definition) is 1. The number of halogens is 1. The van der Waals surface area contributed by atoms with Gasteiger partial charge in [0.25, 0.3) is 5.91 Å². The maximum Gasteiger partial charge on any atom is 0.274 e. The van der Waals surface area contributed by atoms with Crippen LogP contribution in [0, 0.1) is 6.92 Å². The highest BCUT2D eigenvalue weighted by molar-refractivity contribution is 6.31. The van der Waals surface area contributed by atoms with E-state index in [1.54, 1.807) is 11.0 Å². The van der Waals surface area contributed by atoms with E-state index in [9.17, 15) is 9.90 Å². The molecule has 0 unspecified atom stereocenters. The zero-order valence-electron chi connectivity index (χ0n) is 16.3. The molecule has 27 heavy (non-hydrogen) atoms. The summed E-state index contributed by atoms with van der Waals surface area (Å²) in [6.07, 6.45) is 2.91. The van der Waals surface area contributed by atoms with E-state index in [1.807, 2.05) is 35.9 Å². The minimum atomic E-state index is -0.986. The summed E-state index contributed by atoms with van der Waals surface area (Å²) in [5.74, 6) is -0.0657. The number of likely N-dealkylation sites (tertiary alicyclic amines) is 1. The molecule has 1 aliphatic rings. The minimum absolute atomic E-state index is 0.0657. The van der Waals surface area contributed by atoms with Gasteiger partial charge in [-0.2, -0.15) is 5.10 Å². The van der Waals surface area contributed by atoms with E-state index in [-0.39, 0.29) is 5.91 Å². The topological polar surface area (TPSA) is 58.4 Å². The lowest BCUT2D eigenvalue weighted by atomic mass is 9.84. The number of aromatic nitrogens is 2. The molecule has 1 fully saturated rings. The van der Waals surface area contributed by atoms with Crippen LogP contribution in [0.3, 0.4) is 0 Å². The summed E-state index contributed by atoms with van der Waals surface area (Å²) < 4.78 is 1.97. The number of aryl methyl sites for hydroxylation is 1. The highest BCUT2D eigenvalue weighted by Gasteiger charge is 2.37. The molecule has 0 radical (unpaired) electrons. The molecular weight excluding hydrogens is 362 g/mol. The Bertz CT molecular complexity index is 806. The molecule has 1 aliphatic heterocycles. The third-order valence-corrected chi connectivity index (χ3v) is 6.01. The van der Waals surface area contributed by atoms with Crippen LogP contribution < -0.4 is 0 Å².